The van der Waals surface area contributed by atoms with Gasteiger partial charge < -0.3 is 16.2 Å². The lowest BCUT2D eigenvalue weighted by molar-refractivity contribution is 0.210. The molecule has 0 saturated carbocycles. The Balaban J connectivity index is 2.92. The van der Waals surface area contributed by atoms with Crippen LogP contribution < -0.4 is 11.1 Å². The predicted molar refractivity (Wildman–Crippen MR) is 54.6 cm³/mol. The molecule has 0 heterocycles. The van der Waals surface area contributed by atoms with E-state index >= 15 is 0 Å². The smallest absolute Gasteiger partial charge is 0.0650 e. The van der Waals surface area contributed by atoms with Gasteiger partial charge in [0.2, 0.25) is 0 Å². The fourth-order valence-corrected chi connectivity index (χ4v) is 1.11. The average Bonchev–Trinajstić information content (AvgIpc) is 2.18. The number of aliphatic hydroxyl groups excluding tert-OH is 1. The van der Waals surface area contributed by atoms with Gasteiger partial charge in [-0.15, -0.1) is 0 Å². The molecule has 0 radical (unpaired) electrons. The molecule has 1 aromatic rings. The van der Waals surface area contributed by atoms with E-state index in [-0.39, 0.29) is 6.61 Å². The van der Waals surface area contributed by atoms with Gasteiger partial charge in [-0.25, -0.2) is 0 Å². The zero-order chi connectivity index (χ0) is 9.90. The van der Waals surface area contributed by atoms with Crippen molar-refractivity contribution < 1.29 is 5.11 Å². The lowest BCUT2D eigenvalue weighted by Gasteiger charge is -2.22. The van der Waals surface area contributed by atoms with Gasteiger partial charge in [0.05, 0.1) is 12.1 Å². The van der Waals surface area contributed by atoms with Crippen LogP contribution in [0.3, 0.4) is 0 Å². The Morgan fingerprint density at radius 3 is 2.31 bits per heavy atom. The Kier molecular flexibility index (Phi) is 2.90. The highest BCUT2D eigenvalue weighted by molar-refractivity contribution is 5.45. The Morgan fingerprint density at radius 1 is 1.38 bits per heavy atom. The second kappa shape index (κ2) is 3.77. The number of nitrogens with two attached hydrogens (primary N) is 1. The molecule has 0 saturated heterocycles. The van der Waals surface area contributed by atoms with Gasteiger partial charge in [0.1, 0.15) is 0 Å². The van der Waals surface area contributed by atoms with Gasteiger partial charge in [-0.05, 0) is 24.6 Å². The number of aliphatic hydroxyl groups is 1. The minimum absolute atomic E-state index is 0.0497. The summed E-state index contributed by atoms with van der Waals surface area (Å²) in [7, 11) is 1.86. The van der Waals surface area contributed by atoms with Gasteiger partial charge in [0, 0.05) is 12.7 Å². The maximum atomic E-state index is 9.03. The molecular weight excluding hydrogens is 164 g/mol. The summed E-state index contributed by atoms with van der Waals surface area (Å²) in [5.41, 5.74) is 7.19. The van der Waals surface area contributed by atoms with Gasteiger partial charge in [-0.1, -0.05) is 12.1 Å². The van der Waals surface area contributed by atoms with E-state index in [1.807, 2.05) is 31.3 Å². The minimum atomic E-state index is -0.647. The summed E-state index contributed by atoms with van der Waals surface area (Å²) >= 11 is 0. The van der Waals surface area contributed by atoms with Crippen molar-refractivity contribution >= 4 is 5.69 Å². The third kappa shape index (κ3) is 2.20. The van der Waals surface area contributed by atoms with Crippen molar-refractivity contribution in [2.24, 2.45) is 5.73 Å². The Labute approximate surface area is 78.6 Å². The average molecular weight is 180 g/mol. The minimum Gasteiger partial charge on any atom is -0.394 e. The number of hydrogen-bond donors (Lipinski definition) is 3. The molecule has 72 valence electrons. The molecule has 0 bridgehead atoms. The van der Waals surface area contributed by atoms with E-state index in [1.54, 1.807) is 6.92 Å². The topological polar surface area (TPSA) is 58.3 Å². The highest BCUT2D eigenvalue weighted by Crippen LogP contribution is 2.18. The molecular formula is C10H16N2O. The van der Waals surface area contributed by atoms with E-state index in [9.17, 15) is 0 Å². The first-order chi connectivity index (χ1) is 6.10. The molecule has 0 aliphatic carbocycles. The van der Waals surface area contributed by atoms with Gasteiger partial charge in [0.15, 0.2) is 0 Å². The summed E-state index contributed by atoms with van der Waals surface area (Å²) < 4.78 is 0. The zero-order valence-corrected chi connectivity index (χ0v) is 8.04. The van der Waals surface area contributed by atoms with Gasteiger partial charge in [0.25, 0.3) is 0 Å². The van der Waals surface area contributed by atoms with Crippen molar-refractivity contribution in [3.8, 4) is 0 Å². The number of hydrogen-bond acceptors (Lipinski definition) is 3. The number of rotatable bonds is 3. The zero-order valence-electron chi connectivity index (χ0n) is 8.04. The second-order valence-corrected chi connectivity index (χ2v) is 3.40. The van der Waals surface area contributed by atoms with Crippen molar-refractivity contribution in [3.05, 3.63) is 29.8 Å². The van der Waals surface area contributed by atoms with Crippen LogP contribution in [0.5, 0.6) is 0 Å². The number of benzene rings is 1. The van der Waals surface area contributed by atoms with E-state index in [1.165, 1.54) is 0 Å². The number of anilines is 1. The maximum absolute atomic E-state index is 9.03. The van der Waals surface area contributed by atoms with Crippen LogP contribution in [0.25, 0.3) is 0 Å². The van der Waals surface area contributed by atoms with Gasteiger partial charge in [-0.2, -0.15) is 0 Å². The molecule has 0 aromatic heterocycles. The van der Waals surface area contributed by atoms with E-state index in [4.69, 9.17) is 10.8 Å². The predicted octanol–water partition coefficient (Wildman–Crippen LogP) is 0.894. The summed E-state index contributed by atoms with van der Waals surface area (Å²) in [6.07, 6.45) is 0. The van der Waals surface area contributed by atoms with Crippen LogP contribution in [0.4, 0.5) is 5.69 Å². The summed E-state index contributed by atoms with van der Waals surface area (Å²) in [5, 5.41) is 12.1. The normalized spacial score (nSPS) is 15.1. The summed E-state index contributed by atoms with van der Waals surface area (Å²) in [5.74, 6) is 0. The SMILES string of the molecule is CNc1ccc([C@@](C)(N)CO)cc1. The summed E-state index contributed by atoms with van der Waals surface area (Å²) in [4.78, 5) is 0. The Bertz CT molecular complexity index is 267. The van der Waals surface area contributed by atoms with Crippen LogP contribution in [-0.2, 0) is 5.54 Å². The van der Waals surface area contributed by atoms with Gasteiger partial charge >= 0.3 is 0 Å². The Morgan fingerprint density at radius 2 is 1.92 bits per heavy atom. The van der Waals surface area contributed by atoms with Crippen LogP contribution in [0.2, 0.25) is 0 Å². The summed E-state index contributed by atoms with van der Waals surface area (Å²) in [6.45, 7) is 1.76. The van der Waals surface area contributed by atoms with E-state index in [0.717, 1.165) is 11.3 Å². The largest absolute Gasteiger partial charge is 0.394 e. The molecule has 4 N–H and O–H groups in total. The molecule has 0 fully saturated rings. The molecule has 0 aliphatic rings. The fraction of sp³-hybridized carbons (Fsp3) is 0.400. The maximum Gasteiger partial charge on any atom is 0.0650 e. The second-order valence-electron chi connectivity index (χ2n) is 3.40. The van der Waals surface area contributed by atoms with E-state index in [2.05, 4.69) is 5.32 Å². The molecule has 0 unspecified atom stereocenters. The van der Waals surface area contributed by atoms with E-state index < -0.39 is 5.54 Å². The molecule has 0 amide bonds. The van der Waals surface area contributed by atoms with Crippen molar-refractivity contribution in [1.29, 1.82) is 0 Å². The lowest BCUT2D eigenvalue weighted by Crippen LogP contribution is -2.36. The van der Waals surface area contributed by atoms with Crippen molar-refractivity contribution in [2.45, 2.75) is 12.5 Å². The quantitative estimate of drug-likeness (QED) is 0.647. The fourth-order valence-electron chi connectivity index (χ4n) is 1.11. The van der Waals surface area contributed by atoms with E-state index in [0.29, 0.717) is 0 Å². The molecule has 1 rings (SSSR count). The molecule has 1 aromatic carbocycles. The lowest BCUT2D eigenvalue weighted by atomic mass is 9.94. The molecule has 0 aliphatic heterocycles. The van der Waals surface area contributed by atoms with Crippen LogP contribution in [0.1, 0.15) is 12.5 Å². The molecule has 0 spiro atoms. The first-order valence-corrected chi connectivity index (χ1v) is 4.28. The van der Waals surface area contributed by atoms with Crippen LogP contribution in [0.15, 0.2) is 24.3 Å². The monoisotopic (exact) mass is 180 g/mol. The van der Waals surface area contributed by atoms with Crippen LogP contribution >= 0.6 is 0 Å². The highest BCUT2D eigenvalue weighted by Gasteiger charge is 2.19. The molecule has 1 atom stereocenters. The summed E-state index contributed by atoms with van der Waals surface area (Å²) in [6, 6.07) is 7.72. The molecule has 3 heteroatoms. The first-order valence-electron chi connectivity index (χ1n) is 4.28. The van der Waals surface area contributed by atoms with Crippen LogP contribution in [0, 0.1) is 0 Å². The Hall–Kier alpha value is -1.06. The van der Waals surface area contributed by atoms with Gasteiger partial charge in [-0.3, -0.25) is 0 Å². The van der Waals surface area contributed by atoms with Crippen molar-refractivity contribution in [3.63, 3.8) is 0 Å². The van der Waals surface area contributed by atoms with Crippen molar-refractivity contribution in [2.75, 3.05) is 19.0 Å². The van der Waals surface area contributed by atoms with Crippen molar-refractivity contribution in [1.82, 2.24) is 0 Å². The number of nitrogens with one attached hydrogen (secondary N) is 1. The molecule has 13 heavy (non-hydrogen) atoms. The third-order valence-corrected chi connectivity index (χ3v) is 2.16. The first kappa shape index (κ1) is 10.0. The third-order valence-electron chi connectivity index (χ3n) is 2.16. The molecule has 3 nitrogen and oxygen atoms in total. The standard InChI is InChI=1S/C10H16N2O/c1-10(11,7-13)8-3-5-9(12-2)6-4-8/h3-6,12-13H,7,11H2,1-2H3/t10-/m0/s1. The highest BCUT2D eigenvalue weighted by atomic mass is 16.3. The van der Waals surface area contributed by atoms with Crippen LogP contribution in [-0.4, -0.2) is 18.8 Å².